The van der Waals surface area contributed by atoms with Crippen molar-refractivity contribution in [3.63, 3.8) is 0 Å². The van der Waals surface area contributed by atoms with Crippen LogP contribution in [0.3, 0.4) is 0 Å². The number of methoxy groups -OCH3 is 1. The molecule has 1 N–H and O–H groups in total. The number of fused-ring (bicyclic) bond motifs is 1. The predicted octanol–water partition coefficient (Wildman–Crippen LogP) is 4.57. The van der Waals surface area contributed by atoms with E-state index in [1.54, 1.807) is 23.1 Å². The fourth-order valence-electron chi connectivity index (χ4n) is 3.28. The van der Waals surface area contributed by atoms with Crippen LogP contribution in [0.5, 0.6) is 5.75 Å². The van der Waals surface area contributed by atoms with E-state index in [2.05, 4.69) is 10.4 Å². The van der Waals surface area contributed by atoms with Gasteiger partial charge in [0.25, 0.3) is 5.91 Å². The van der Waals surface area contributed by atoms with Gasteiger partial charge in [-0.3, -0.25) is 9.48 Å². The lowest BCUT2D eigenvalue weighted by atomic mass is 10.1. The van der Waals surface area contributed by atoms with E-state index in [-0.39, 0.29) is 5.91 Å². The molecular formula is C21H20N4O2S. The molecule has 0 saturated carbocycles. The third kappa shape index (κ3) is 3.14. The fraction of sp³-hybridized carbons (Fsp3) is 0.190. The zero-order chi connectivity index (χ0) is 19.8. The van der Waals surface area contributed by atoms with Gasteiger partial charge >= 0.3 is 0 Å². The Morgan fingerprint density at radius 3 is 2.75 bits per heavy atom. The lowest BCUT2D eigenvalue weighted by Crippen LogP contribution is -2.14. The summed E-state index contributed by atoms with van der Waals surface area (Å²) in [5, 5.41) is 10.2. The number of carbonyl (C=O) groups is 1. The van der Waals surface area contributed by atoms with E-state index in [1.807, 2.05) is 62.7 Å². The van der Waals surface area contributed by atoms with Crippen molar-refractivity contribution in [3.8, 4) is 16.3 Å². The number of thiophene rings is 1. The van der Waals surface area contributed by atoms with E-state index in [4.69, 9.17) is 9.72 Å². The normalized spacial score (nSPS) is 11.0. The van der Waals surface area contributed by atoms with Gasteiger partial charge in [-0.2, -0.15) is 5.10 Å². The van der Waals surface area contributed by atoms with Crippen LogP contribution in [0.15, 0.2) is 41.8 Å². The lowest BCUT2D eigenvalue weighted by molar-refractivity contribution is 0.102. The molecule has 7 heteroatoms. The van der Waals surface area contributed by atoms with E-state index < -0.39 is 0 Å². The number of anilines is 1. The van der Waals surface area contributed by atoms with Crippen molar-refractivity contribution in [3.05, 3.63) is 58.6 Å². The molecule has 0 radical (unpaired) electrons. The number of ether oxygens (including phenoxy) is 1. The highest BCUT2D eigenvalue weighted by Gasteiger charge is 2.20. The van der Waals surface area contributed by atoms with E-state index in [0.717, 1.165) is 27.2 Å². The molecule has 4 rings (SSSR count). The number of aromatic nitrogens is 3. The maximum atomic E-state index is 13.3. The molecule has 0 aliphatic carbocycles. The van der Waals surface area contributed by atoms with Gasteiger partial charge in [-0.25, -0.2) is 4.98 Å². The smallest absolute Gasteiger partial charge is 0.256 e. The van der Waals surface area contributed by atoms with Crippen LogP contribution in [0.1, 0.15) is 21.6 Å². The minimum absolute atomic E-state index is 0.217. The number of nitrogens with zero attached hydrogens (tertiary/aromatic N) is 3. The highest BCUT2D eigenvalue weighted by molar-refractivity contribution is 7.13. The monoisotopic (exact) mass is 392 g/mol. The number of pyridine rings is 1. The third-order valence-corrected chi connectivity index (χ3v) is 5.48. The summed E-state index contributed by atoms with van der Waals surface area (Å²) in [4.78, 5) is 19.0. The van der Waals surface area contributed by atoms with E-state index in [9.17, 15) is 4.79 Å². The van der Waals surface area contributed by atoms with E-state index >= 15 is 0 Å². The van der Waals surface area contributed by atoms with Gasteiger partial charge in [-0.15, -0.1) is 11.3 Å². The molecule has 6 nitrogen and oxygen atoms in total. The summed E-state index contributed by atoms with van der Waals surface area (Å²) in [6, 6.07) is 11.5. The van der Waals surface area contributed by atoms with Crippen LogP contribution in [-0.4, -0.2) is 27.8 Å². The predicted molar refractivity (Wildman–Crippen MR) is 112 cm³/mol. The van der Waals surface area contributed by atoms with Gasteiger partial charge in [-0.05, 0) is 49.1 Å². The van der Waals surface area contributed by atoms with Crippen LogP contribution in [0.2, 0.25) is 0 Å². The summed E-state index contributed by atoms with van der Waals surface area (Å²) in [6.45, 7) is 3.86. The molecule has 0 saturated heterocycles. The van der Waals surface area contributed by atoms with Crippen molar-refractivity contribution in [2.75, 3.05) is 12.4 Å². The van der Waals surface area contributed by atoms with Crippen molar-refractivity contribution in [2.24, 2.45) is 7.05 Å². The second-order valence-electron chi connectivity index (χ2n) is 6.60. The van der Waals surface area contributed by atoms with Gasteiger partial charge in [0.15, 0.2) is 5.65 Å². The quantitative estimate of drug-likeness (QED) is 0.552. The molecule has 142 valence electrons. The Morgan fingerprint density at radius 2 is 2.04 bits per heavy atom. The number of hydrogen-bond acceptors (Lipinski definition) is 5. The zero-order valence-corrected chi connectivity index (χ0v) is 16.9. The van der Waals surface area contributed by atoms with Crippen molar-refractivity contribution in [1.82, 2.24) is 14.8 Å². The first-order valence-electron chi connectivity index (χ1n) is 8.82. The summed E-state index contributed by atoms with van der Waals surface area (Å²) < 4.78 is 7.11. The first kappa shape index (κ1) is 18.2. The first-order chi connectivity index (χ1) is 13.5. The van der Waals surface area contributed by atoms with Gasteiger partial charge in [-0.1, -0.05) is 12.1 Å². The van der Waals surface area contributed by atoms with Gasteiger partial charge < -0.3 is 10.1 Å². The largest absolute Gasteiger partial charge is 0.495 e. The number of nitrogens with one attached hydrogen (secondary N) is 1. The molecular weight excluding hydrogens is 372 g/mol. The lowest BCUT2D eigenvalue weighted by Gasteiger charge is -2.12. The average molecular weight is 392 g/mol. The number of aryl methyl sites for hydroxylation is 3. The van der Waals surface area contributed by atoms with Crippen LogP contribution >= 0.6 is 11.3 Å². The van der Waals surface area contributed by atoms with Gasteiger partial charge in [0, 0.05) is 7.05 Å². The maximum Gasteiger partial charge on any atom is 0.256 e. The van der Waals surface area contributed by atoms with Crippen LogP contribution in [-0.2, 0) is 7.05 Å². The topological polar surface area (TPSA) is 69.0 Å². The molecule has 1 aromatic carbocycles. The molecule has 3 heterocycles. The minimum Gasteiger partial charge on any atom is -0.495 e. The number of amides is 1. The number of rotatable bonds is 4. The summed E-state index contributed by atoms with van der Waals surface area (Å²) in [7, 11) is 3.43. The molecule has 0 atom stereocenters. The Bertz CT molecular complexity index is 1180. The van der Waals surface area contributed by atoms with Crippen LogP contribution < -0.4 is 10.1 Å². The molecule has 3 aromatic heterocycles. The Kier molecular flexibility index (Phi) is 4.60. The molecule has 0 bridgehead atoms. The van der Waals surface area contributed by atoms with Crippen molar-refractivity contribution < 1.29 is 9.53 Å². The molecule has 28 heavy (non-hydrogen) atoms. The average Bonchev–Trinajstić information content (AvgIpc) is 3.30. The summed E-state index contributed by atoms with van der Waals surface area (Å²) >= 11 is 1.59. The summed E-state index contributed by atoms with van der Waals surface area (Å²) in [6.07, 6.45) is 0. The summed E-state index contributed by atoms with van der Waals surface area (Å²) in [5.74, 6) is 0.399. The number of benzene rings is 1. The second-order valence-corrected chi connectivity index (χ2v) is 7.55. The second kappa shape index (κ2) is 7.09. The van der Waals surface area contributed by atoms with Crippen molar-refractivity contribution in [1.29, 1.82) is 0 Å². The van der Waals surface area contributed by atoms with Crippen LogP contribution in [0.25, 0.3) is 21.6 Å². The third-order valence-electron chi connectivity index (χ3n) is 4.59. The SMILES string of the molecule is COc1ccc(C)cc1NC(=O)c1cc(-c2cccs2)nc2c1c(C)nn2C. The Morgan fingerprint density at radius 1 is 1.21 bits per heavy atom. The first-order valence-corrected chi connectivity index (χ1v) is 9.70. The Balaban J connectivity index is 1.85. The molecule has 4 aromatic rings. The fourth-order valence-corrected chi connectivity index (χ4v) is 3.97. The molecule has 0 aliphatic rings. The van der Waals surface area contributed by atoms with Gasteiger partial charge in [0.05, 0.1) is 40.0 Å². The van der Waals surface area contributed by atoms with Crippen molar-refractivity contribution >= 4 is 34.0 Å². The molecule has 0 fully saturated rings. The maximum absolute atomic E-state index is 13.3. The molecule has 0 aliphatic heterocycles. The van der Waals surface area contributed by atoms with E-state index in [1.165, 1.54) is 0 Å². The zero-order valence-electron chi connectivity index (χ0n) is 16.1. The van der Waals surface area contributed by atoms with Crippen LogP contribution in [0, 0.1) is 13.8 Å². The Labute approximate surface area is 166 Å². The molecule has 1 amide bonds. The Hall–Kier alpha value is -3.19. The van der Waals surface area contributed by atoms with Gasteiger partial charge in [0.2, 0.25) is 0 Å². The molecule has 0 spiro atoms. The summed E-state index contributed by atoms with van der Waals surface area (Å²) in [5.41, 5.74) is 4.42. The van der Waals surface area contributed by atoms with Crippen LogP contribution in [0.4, 0.5) is 5.69 Å². The minimum atomic E-state index is -0.217. The standard InChI is InChI=1S/C21H20N4O2S/c1-12-7-8-17(27-4)15(10-12)23-21(26)14-11-16(18-6-5-9-28-18)22-20-19(14)13(2)24-25(20)3/h5-11H,1-4H3,(H,23,26). The van der Waals surface area contributed by atoms with Gasteiger partial charge in [0.1, 0.15) is 5.75 Å². The van der Waals surface area contributed by atoms with Crippen molar-refractivity contribution in [2.45, 2.75) is 13.8 Å². The molecule has 0 unspecified atom stereocenters. The highest BCUT2D eigenvalue weighted by Crippen LogP contribution is 2.31. The number of hydrogen-bond donors (Lipinski definition) is 1. The van der Waals surface area contributed by atoms with E-state index in [0.29, 0.717) is 22.6 Å². The highest BCUT2D eigenvalue weighted by atomic mass is 32.1. The number of carbonyl (C=O) groups excluding carboxylic acids is 1.